The Bertz CT molecular complexity index is 903. The van der Waals surface area contributed by atoms with Gasteiger partial charge in [0, 0.05) is 10.0 Å². The van der Waals surface area contributed by atoms with Crippen LogP contribution in [0.1, 0.15) is 5.56 Å². The maximum atomic E-state index is 12.2. The van der Waals surface area contributed by atoms with Gasteiger partial charge in [-0.2, -0.15) is 5.10 Å². The van der Waals surface area contributed by atoms with Gasteiger partial charge in [0.2, 0.25) is 6.10 Å². The summed E-state index contributed by atoms with van der Waals surface area (Å²) in [5.41, 5.74) is 3.04. The number of hydrogen-bond acceptors (Lipinski definition) is 6. The predicted octanol–water partition coefficient (Wildman–Crippen LogP) is 1.86. The fraction of sp³-hybridized carbons (Fsp3) is 0.211. The number of halogens is 1. The molecule has 28 heavy (non-hydrogen) atoms. The second kappa shape index (κ2) is 9.23. The fourth-order valence-electron chi connectivity index (χ4n) is 2.45. The summed E-state index contributed by atoms with van der Waals surface area (Å²) >= 11 is 3.36. The van der Waals surface area contributed by atoms with Gasteiger partial charge in [0.1, 0.15) is 12.4 Å². The van der Waals surface area contributed by atoms with Crippen molar-refractivity contribution in [1.29, 1.82) is 0 Å². The van der Waals surface area contributed by atoms with Crippen molar-refractivity contribution >= 4 is 34.0 Å². The van der Waals surface area contributed by atoms with E-state index in [-0.39, 0.29) is 13.2 Å². The van der Waals surface area contributed by atoms with Crippen LogP contribution in [-0.2, 0) is 9.59 Å². The monoisotopic (exact) mass is 447 g/mol. The maximum Gasteiger partial charge on any atom is 0.265 e. The highest BCUT2D eigenvalue weighted by Crippen LogP contribution is 2.30. The first kappa shape index (κ1) is 19.7. The Kier molecular flexibility index (Phi) is 6.49. The van der Waals surface area contributed by atoms with E-state index in [1.54, 1.807) is 37.4 Å². The van der Waals surface area contributed by atoms with E-state index < -0.39 is 17.9 Å². The summed E-state index contributed by atoms with van der Waals surface area (Å²) in [6, 6.07) is 12.5. The third-order valence-corrected chi connectivity index (χ3v) is 4.30. The number of ether oxygens (including phenoxy) is 3. The van der Waals surface area contributed by atoms with Crippen molar-refractivity contribution in [1.82, 2.24) is 10.7 Å². The van der Waals surface area contributed by atoms with Gasteiger partial charge in [-0.3, -0.25) is 9.59 Å². The molecule has 2 aromatic carbocycles. The average molecular weight is 448 g/mol. The molecule has 0 saturated carbocycles. The molecule has 1 heterocycles. The minimum absolute atomic E-state index is 0.0747. The number of benzene rings is 2. The lowest BCUT2D eigenvalue weighted by molar-refractivity contribution is -0.132. The van der Waals surface area contributed by atoms with Crippen molar-refractivity contribution < 1.29 is 23.8 Å². The van der Waals surface area contributed by atoms with Crippen molar-refractivity contribution in [2.75, 3.05) is 20.3 Å². The lowest BCUT2D eigenvalue weighted by atomic mass is 10.2. The van der Waals surface area contributed by atoms with Crippen LogP contribution in [0.3, 0.4) is 0 Å². The molecule has 2 N–H and O–H groups in total. The third-order valence-electron chi connectivity index (χ3n) is 3.81. The molecule has 0 unspecified atom stereocenters. The number of amides is 2. The van der Waals surface area contributed by atoms with Crippen molar-refractivity contribution in [3.8, 4) is 17.2 Å². The normalized spacial score (nSPS) is 15.1. The average Bonchev–Trinajstić information content (AvgIpc) is 2.72. The lowest BCUT2D eigenvalue weighted by Gasteiger charge is -2.25. The largest absolute Gasteiger partial charge is 0.496 e. The Morgan fingerprint density at radius 2 is 2.07 bits per heavy atom. The van der Waals surface area contributed by atoms with Gasteiger partial charge in [-0.05, 0) is 30.3 Å². The fourth-order valence-corrected chi connectivity index (χ4v) is 2.83. The van der Waals surface area contributed by atoms with Gasteiger partial charge in [0.25, 0.3) is 11.8 Å². The highest BCUT2D eigenvalue weighted by molar-refractivity contribution is 9.10. The summed E-state index contributed by atoms with van der Waals surface area (Å²) in [7, 11) is 1.55. The molecule has 0 bridgehead atoms. The van der Waals surface area contributed by atoms with E-state index in [9.17, 15) is 9.59 Å². The molecule has 3 rings (SSSR count). The van der Waals surface area contributed by atoms with Crippen LogP contribution >= 0.6 is 15.9 Å². The highest BCUT2D eigenvalue weighted by Gasteiger charge is 2.27. The summed E-state index contributed by atoms with van der Waals surface area (Å²) < 4.78 is 17.1. The van der Waals surface area contributed by atoms with Gasteiger partial charge in [0.15, 0.2) is 11.5 Å². The summed E-state index contributed by atoms with van der Waals surface area (Å²) in [4.78, 5) is 24.1. The summed E-state index contributed by atoms with van der Waals surface area (Å²) in [5, 5.41) is 6.38. The standard InChI is InChI=1S/C19H18BrN3O5/c1-26-14-7-6-13(20)8-12(14)9-22-23-18(24)10-21-19(25)17-11-27-15-4-2-3-5-16(15)28-17/h2-9,17H,10-11H2,1H3,(H,21,25)(H,23,24)/b22-9-/t17-/m0/s1. The number of nitrogens with one attached hydrogen (secondary N) is 2. The number of carbonyl (C=O) groups excluding carboxylic acids is 2. The number of carbonyl (C=O) groups is 2. The van der Waals surface area contributed by atoms with Gasteiger partial charge in [-0.25, -0.2) is 5.43 Å². The summed E-state index contributed by atoms with van der Waals surface area (Å²) in [5.74, 6) is 0.773. The van der Waals surface area contributed by atoms with Crippen LogP contribution in [0.25, 0.3) is 0 Å². The van der Waals surface area contributed by atoms with E-state index in [0.717, 1.165) is 4.47 Å². The first-order valence-electron chi connectivity index (χ1n) is 8.38. The van der Waals surface area contributed by atoms with Gasteiger partial charge in [-0.15, -0.1) is 0 Å². The number of hydrazone groups is 1. The molecule has 146 valence electrons. The maximum absolute atomic E-state index is 12.2. The summed E-state index contributed by atoms with van der Waals surface area (Å²) in [6.07, 6.45) is 0.635. The SMILES string of the molecule is COc1ccc(Br)cc1/C=N\NC(=O)CNC(=O)[C@@H]1COc2ccccc2O1. The molecule has 9 heteroatoms. The number of fused-ring (bicyclic) bond motifs is 1. The minimum Gasteiger partial charge on any atom is -0.496 e. The van der Waals surface area contributed by atoms with Crippen molar-refractivity contribution in [3.05, 3.63) is 52.5 Å². The number of hydrogen-bond donors (Lipinski definition) is 2. The zero-order valence-corrected chi connectivity index (χ0v) is 16.6. The van der Waals surface area contributed by atoms with Crippen LogP contribution in [0, 0.1) is 0 Å². The third kappa shape index (κ3) is 5.01. The molecule has 0 fully saturated rings. The molecule has 0 aliphatic carbocycles. The number of nitrogens with zero attached hydrogens (tertiary/aromatic N) is 1. The van der Waals surface area contributed by atoms with Gasteiger partial charge in [-0.1, -0.05) is 28.1 Å². The van der Waals surface area contributed by atoms with Crippen molar-refractivity contribution in [3.63, 3.8) is 0 Å². The van der Waals surface area contributed by atoms with E-state index in [1.807, 2.05) is 12.1 Å². The van der Waals surface area contributed by atoms with E-state index in [0.29, 0.717) is 22.8 Å². The molecular weight excluding hydrogens is 430 g/mol. The Morgan fingerprint density at radius 1 is 1.29 bits per heavy atom. The molecule has 8 nitrogen and oxygen atoms in total. The molecule has 2 amide bonds. The van der Waals surface area contributed by atoms with Gasteiger partial charge < -0.3 is 19.5 Å². The zero-order chi connectivity index (χ0) is 19.9. The van der Waals surface area contributed by atoms with Crippen LogP contribution in [0.2, 0.25) is 0 Å². The van der Waals surface area contributed by atoms with Gasteiger partial charge in [0.05, 0.1) is 19.9 Å². The minimum atomic E-state index is -0.822. The number of para-hydroxylation sites is 2. The quantitative estimate of drug-likeness (QED) is 0.520. The molecule has 0 aromatic heterocycles. The predicted molar refractivity (Wildman–Crippen MR) is 106 cm³/mol. The van der Waals surface area contributed by atoms with Crippen LogP contribution in [0.4, 0.5) is 0 Å². The summed E-state index contributed by atoms with van der Waals surface area (Å²) in [6.45, 7) is -0.168. The zero-order valence-electron chi connectivity index (χ0n) is 15.0. The number of rotatable bonds is 6. The smallest absolute Gasteiger partial charge is 0.265 e. The molecule has 2 aromatic rings. The molecule has 0 spiro atoms. The molecule has 0 saturated heterocycles. The topological polar surface area (TPSA) is 98.2 Å². The molecular formula is C19H18BrN3O5. The Balaban J connectivity index is 1.47. The van der Waals surface area contributed by atoms with Gasteiger partial charge >= 0.3 is 0 Å². The first-order valence-corrected chi connectivity index (χ1v) is 9.18. The lowest BCUT2D eigenvalue weighted by Crippen LogP contribution is -2.46. The van der Waals surface area contributed by atoms with Crippen molar-refractivity contribution in [2.24, 2.45) is 5.10 Å². The molecule has 1 aliphatic heterocycles. The van der Waals surface area contributed by atoms with Crippen LogP contribution < -0.4 is 25.0 Å². The van der Waals surface area contributed by atoms with E-state index in [1.165, 1.54) is 6.21 Å². The van der Waals surface area contributed by atoms with E-state index >= 15 is 0 Å². The Labute approximate surface area is 170 Å². The molecule has 1 atom stereocenters. The Hall–Kier alpha value is -3.07. The first-order chi connectivity index (χ1) is 13.6. The van der Waals surface area contributed by atoms with Crippen LogP contribution in [-0.4, -0.2) is 44.4 Å². The molecule has 0 radical (unpaired) electrons. The highest BCUT2D eigenvalue weighted by atomic mass is 79.9. The molecule has 1 aliphatic rings. The van der Waals surface area contributed by atoms with E-state index in [4.69, 9.17) is 14.2 Å². The van der Waals surface area contributed by atoms with Crippen LogP contribution in [0.5, 0.6) is 17.2 Å². The Morgan fingerprint density at radius 3 is 2.86 bits per heavy atom. The second-order valence-corrected chi connectivity index (χ2v) is 6.68. The second-order valence-electron chi connectivity index (χ2n) is 5.76. The van der Waals surface area contributed by atoms with Crippen LogP contribution in [0.15, 0.2) is 52.0 Å². The van der Waals surface area contributed by atoms with Crippen molar-refractivity contribution in [2.45, 2.75) is 6.10 Å². The van der Waals surface area contributed by atoms with E-state index in [2.05, 4.69) is 31.8 Å². The number of methoxy groups -OCH3 is 1.